The summed E-state index contributed by atoms with van der Waals surface area (Å²) in [7, 11) is -3.37. The lowest BCUT2D eigenvalue weighted by atomic mass is 9.89. The van der Waals surface area contributed by atoms with Crippen molar-refractivity contribution in [1.82, 2.24) is 5.32 Å². The maximum atomic E-state index is 12.6. The Morgan fingerprint density at radius 1 is 1.14 bits per heavy atom. The molecule has 1 aromatic heterocycles. The molecular weight excluding hydrogens is 390 g/mol. The number of nitrogens with one attached hydrogen (secondary N) is 1. The van der Waals surface area contributed by atoms with E-state index in [0.29, 0.717) is 6.42 Å². The standard InChI is InChI=1S/C22H29NO3S2/c1-2-3-6-14-28(25,26)16-21(24)23-22(20-10-7-13-27-20)19-12-11-17-8-4-5-9-18(17)15-19/h7,10-13,15,22H,2-6,8-9,14,16H2,1H3,(H,23,24). The Hall–Kier alpha value is -1.66. The molecular formula is C22H29NO3S2. The Balaban J connectivity index is 1.75. The molecule has 1 aromatic carbocycles. The van der Waals surface area contributed by atoms with Gasteiger partial charge in [-0.1, -0.05) is 44.0 Å². The molecule has 1 heterocycles. The number of thiophene rings is 1. The predicted molar refractivity (Wildman–Crippen MR) is 116 cm³/mol. The number of fused-ring (bicyclic) bond motifs is 1. The molecule has 1 N–H and O–H groups in total. The number of aryl methyl sites for hydroxylation is 2. The number of sulfone groups is 1. The van der Waals surface area contributed by atoms with Crippen molar-refractivity contribution in [1.29, 1.82) is 0 Å². The first-order chi connectivity index (χ1) is 13.5. The minimum absolute atomic E-state index is 0.0801. The van der Waals surface area contributed by atoms with Crippen molar-refractivity contribution in [3.8, 4) is 0 Å². The first-order valence-electron chi connectivity index (χ1n) is 10.1. The van der Waals surface area contributed by atoms with Crippen LogP contribution in [-0.4, -0.2) is 25.8 Å². The summed E-state index contributed by atoms with van der Waals surface area (Å²) in [4.78, 5) is 13.6. The molecule has 1 unspecified atom stereocenters. The summed E-state index contributed by atoms with van der Waals surface area (Å²) >= 11 is 1.58. The van der Waals surface area contributed by atoms with Crippen LogP contribution >= 0.6 is 11.3 Å². The highest BCUT2D eigenvalue weighted by atomic mass is 32.2. The topological polar surface area (TPSA) is 63.2 Å². The minimum atomic E-state index is -3.37. The largest absolute Gasteiger partial charge is 0.343 e. The Bertz CT molecular complexity index is 889. The number of amides is 1. The molecule has 0 fully saturated rings. The van der Waals surface area contributed by atoms with Crippen LogP contribution < -0.4 is 5.32 Å². The second-order valence-electron chi connectivity index (χ2n) is 7.55. The first kappa shape index (κ1) is 21.1. The van der Waals surface area contributed by atoms with Crippen molar-refractivity contribution in [2.24, 2.45) is 0 Å². The van der Waals surface area contributed by atoms with Crippen LogP contribution in [0.5, 0.6) is 0 Å². The summed E-state index contributed by atoms with van der Waals surface area (Å²) in [6, 6.07) is 10.1. The van der Waals surface area contributed by atoms with Crippen LogP contribution in [0.25, 0.3) is 0 Å². The number of unbranched alkanes of at least 4 members (excludes halogenated alkanes) is 2. The van der Waals surface area contributed by atoms with E-state index in [4.69, 9.17) is 0 Å². The lowest BCUT2D eigenvalue weighted by Gasteiger charge is -2.22. The van der Waals surface area contributed by atoms with Gasteiger partial charge in [-0.15, -0.1) is 11.3 Å². The molecule has 0 saturated heterocycles. The van der Waals surface area contributed by atoms with Gasteiger partial charge >= 0.3 is 0 Å². The number of benzene rings is 1. The number of carbonyl (C=O) groups is 1. The van der Waals surface area contributed by atoms with Crippen molar-refractivity contribution in [2.75, 3.05) is 11.5 Å². The van der Waals surface area contributed by atoms with Gasteiger partial charge in [0.1, 0.15) is 5.75 Å². The van der Waals surface area contributed by atoms with Crippen LogP contribution in [0.3, 0.4) is 0 Å². The maximum absolute atomic E-state index is 12.6. The van der Waals surface area contributed by atoms with Gasteiger partial charge in [0.25, 0.3) is 0 Å². The zero-order valence-corrected chi connectivity index (χ0v) is 18.1. The molecule has 4 nitrogen and oxygen atoms in total. The van der Waals surface area contributed by atoms with Crippen molar-refractivity contribution in [3.05, 3.63) is 57.3 Å². The van der Waals surface area contributed by atoms with Crippen LogP contribution in [0.1, 0.15) is 66.6 Å². The van der Waals surface area contributed by atoms with Gasteiger partial charge in [-0.05, 0) is 60.2 Å². The molecule has 2 aromatic rings. The number of rotatable bonds is 9. The van der Waals surface area contributed by atoms with E-state index in [1.54, 1.807) is 11.3 Å². The molecule has 0 spiro atoms. The number of hydrogen-bond donors (Lipinski definition) is 1. The molecule has 0 bridgehead atoms. The Morgan fingerprint density at radius 2 is 1.93 bits per heavy atom. The van der Waals surface area contributed by atoms with Gasteiger partial charge in [-0.3, -0.25) is 4.79 Å². The normalized spacial score (nSPS) is 15.0. The van der Waals surface area contributed by atoms with E-state index in [9.17, 15) is 13.2 Å². The van der Waals surface area contributed by atoms with Gasteiger partial charge < -0.3 is 5.32 Å². The lowest BCUT2D eigenvalue weighted by molar-refractivity contribution is -0.119. The highest BCUT2D eigenvalue weighted by molar-refractivity contribution is 7.92. The molecule has 0 saturated carbocycles. The Kier molecular flexibility index (Phi) is 7.30. The second kappa shape index (κ2) is 9.70. The lowest BCUT2D eigenvalue weighted by Crippen LogP contribution is -2.34. The van der Waals surface area contributed by atoms with E-state index in [1.807, 2.05) is 24.4 Å². The Morgan fingerprint density at radius 3 is 2.64 bits per heavy atom. The third-order valence-electron chi connectivity index (χ3n) is 5.25. The molecule has 1 atom stereocenters. The van der Waals surface area contributed by atoms with Gasteiger partial charge in [0.15, 0.2) is 9.84 Å². The summed E-state index contributed by atoms with van der Waals surface area (Å²) in [6.45, 7) is 2.03. The summed E-state index contributed by atoms with van der Waals surface area (Å²) in [5, 5.41) is 4.96. The van der Waals surface area contributed by atoms with E-state index in [-0.39, 0.29) is 11.8 Å². The molecule has 0 aliphatic heterocycles. The summed E-state index contributed by atoms with van der Waals surface area (Å²) in [5.74, 6) is -0.784. The smallest absolute Gasteiger partial charge is 0.235 e. The molecule has 1 amide bonds. The SMILES string of the molecule is CCCCCS(=O)(=O)CC(=O)NC(c1ccc2c(c1)CCCC2)c1cccs1. The van der Waals surface area contributed by atoms with E-state index in [0.717, 1.165) is 36.1 Å². The zero-order valence-electron chi connectivity index (χ0n) is 16.4. The molecule has 152 valence electrons. The summed E-state index contributed by atoms with van der Waals surface area (Å²) in [6.07, 6.45) is 7.05. The fourth-order valence-corrected chi connectivity index (χ4v) is 5.83. The average molecular weight is 420 g/mol. The quantitative estimate of drug-likeness (QED) is 0.611. The van der Waals surface area contributed by atoms with Gasteiger partial charge in [0.05, 0.1) is 11.8 Å². The second-order valence-corrected chi connectivity index (χ2v) is 10.7. The van der Waals surface area contributed by atoms with E-state index >= 15 is 0 Å². The van der Waals surface area contributed by atoms with Crippen molar-refractivity contribution < 1.29 is 13.2 Å². The summed E-state index contributed by atoms with van der Waals surface area (Å²) in [5.41, 5.74) is 3.77. The van der Waals surface area contributed by atoms with Gasteiger partial charge in [-0.25, -0.2) is 8.42 Å². The number of hydrogen-bond acceptors (Lipinski definition) is 4. The van der Waals surface area contributed by atoms with E-state index in [1.165, 1.54) is 24.0 Å². The third kappa shape index (κ3) is 5.67. The van der Waals surface area contributed by atoms with Crippen molar-refractivity contribution in [3.63, 3.8) is 0 Å². The fraction of sp³-hybridized carbons (Fsp3) is 0.500. The highest BCUT2D eigenvalue weighted by Crippen LogP contribution is 2.30. The zero-order chi connectivity index (χ0) is 20.0. The van der Waals surface area contributed by atoms with Gasteiger partial charge in [0, 0.05) is 4.88 Å². The molecule has 1 aliphatic rings. The van der Waals surface area contributed by atoms with Crippen LogP contribution in [0, 0.1) is 0 Å². The summed E-state index contributed by atoms with van der Waals surface area (Å²) < 4.78 is 24.5. The fourth-order valence-electron chi connectivity index (χ4n) is 3.75. The first-order valence-corrected chi connectivity index (χ1v) is 12.8. The van der Waals surface area contributed by atoms with Gasteiger partial charge in [-0.2, -0.15) is 0 Å². The average Bonchev–Trinajstić information content (AvgIpc) is 3.20. The molecule has 0 radical (unpaired) electrons. The van der Waals surface area contributed by atoms with Crippen LogP contribution in [-0.2, 0) is 27.5 Å². The molecule has 6 heteroatoms. The highest BCUT2D eigenvalue weighted by Gasteiger charge is 2.23. The molecule has 28 heavy (non-hydrogen) atoms. The Labute approximate surface area is 172 Å². The minimum Gasteiger partial charge on any atom is -0.343 e. The van der Waals surface area contributed by atoms with Crippen LogP contribution in [0.15, 0.2) is 35.7 Å². The van der Waals surface area contributed by atoms with E-state index < -0.39 is 21.5 Å². The molecule has 1 aliphatic carbocycles. The van der Waals surface area contributed by atoms with Crippen LogP contribution in [0.4, 0.5) is 0 Å². The maximum Gasteiger partial charge on any atom is 0.235 e. The van der Waals surface area contributed by atoms with Crippen molar-refractivity contribution in [2.45, 2.75) is 57.9 Å². The van der Waals surface area contributed by atoms with Crippen LogP contribution in [0.2, 0.25) is 0 Å². The molecule has 3 rings (SSSR count). The third-order valence-corrected chi connectivity index (χ3v) is 7.80. The number of carbonyl (C=O) groups excluding carboxylic acids is 1. The predicted octanol–water partition coefficient (Wildman–Crippen LogP) is 4.44. The monoisotopic (exact) mass is 419 g/mol. The van der Waals surface area contributed by atoms with Gasteiger partial charge in [0.2, 0.25) is 5.91 Å². The van der Waals surface area contributed by atoms with E-state index in [2.05, 4.69) is 23.5 Å². The van der Waals surface area contributed by atoms with Crippen molar-refractivity contribution >= 4 is 27.1 Å².